The second-order valence-corrected chi connectivity index (χ2v) is 7.86. The minimum absolute atomic E-state index is 0.00944. The van der Waals surface area contributed by atoms with Gasteiger partial charge in [0, 0.05) is 37.4 Å². The van der Waals surface area contributed by atoms with Crippen LogP contribution in [0.1, 0.15) is 49.9 Å². The summed E-state index contributed by atoms with van der Waals surface area (Å²) in [7, 11) is 1.64. The van der Waals surface area contributed by atoms with E-state index in [1.807, 2.05) is 29.2 Å². The van der Waals surface area contributed by atoms with Gasteiger partial charge in [-0.05, 0) is 25.0 Å². The van der Waals surface area contributed by atoms with Gasteiger partial charge in [0.2, 0.25) is 11.8 Å². The van der Waals surface area contributed by atoms with Crippen molar-refractivity contribution in [2.45, 2.75) is 57.5 Å². The van der Waals surface area contributed by atoms with Gasteiger partial charge in [0.25, 0.3) is 0 Å². The lowest BCUT2D eigenvalue weighted by atomic mass is 10.1. The summed E-state index contributed by atoms with van der Waals surface area (Å²) in [5.74, 6) is 1.59. The zero-order chi connectivity index (χ0) is 20.2. The summed E-state index contributed by atoms with van der Waals surface area (Å²) in [6, 6.07) is 8.06. The Bertz CT molecular complexity index is 886. The summed E-state index contributed by atoms with van der Waals surface area (Å²) < 4.78 is 5.29. The number of carbonyl (C=O) groups excluding carboxylic acids is 2. The first-order valence-electron chi connectivity index (χ1n) is 10.4. The number of carbonyl (C=O) groups is 2. The molecule has 2 amide bonds. The van der Waals surface area contributed by atoms with E-state index in [4.69, 9.17) is 9.72 Å². The van der Waals surface area contributed by atoms with Crippen molar-refractivity contribution in [2.75, 3.05) is 13.7 Å². The fourth-order valence-electron chi connectivity index (χ4n) is 4.16. The zero-order valence-corrected chi connectivity index (χ0v) is 16.9. The van der Waals surface area contributed by atoms with Gasteiger partial charge in [0.15, 0.2) is 0 Å². The van der Waals surface area contributed by atoms with Crippen LogP contribution in [0.15, 0.2) is 24.3 Å². The van der Waals surface area contributed by atoms with Gasteiger partial charge >= 0.3 is 0 Å². The number of methoxy groups -OCH3 is 1. The Kier molecular flexibility index (Phi) is 5.83. The van der Waals surface area contributed by atoms with E-state index in [0.717, 1.165) is 47.8 Å². The second kappa shape index (κ2) is 8.68. The standard InChI is InChI=1S/C22H28N4O3/c1-29-17-8-4-5-15(13-17)22-24-18-11-12-26(14-19(18)25-22)21(28)10-9-20(27)23-16-6-2-3-7-16/h4-5,8,13,16H,2-3,6-7,9-12,14H2,1H3,(H,23,27)(H,24,25). The van der Waals surface area contributed by atoms with Crippen LogP contribution in [0.25, 0.3) is 11.4 Å². The Morgan fingerprint density at radius 2 is 2.10 bits per heavy atom. The average molecular weight is 396 g/mol. The van der Waals surface area contributed by atoms with E-state index < -0.39 is 0 Å². The first-order valence-corrected chi connectivity index (χ1v) is 10.4. The molecule has 1 aliphatic carbocycles. The molecule has 2 N–H and O–H groups in total. The average Bonchev–Trinajstić information content (AvgIpc) is 3.41. The number of imidazole rings is 1. The molecule has 2 aliphatic rings. The van der Waals surface area contributed by atoms with Crippen molar-refractivity contribution >= 4 is 11.8 Å². The van der Waals surface area contributed by atoms with Gasteiger partial charge in [-0.2, -0.15) is 0 Å². The molecule has 0 atom stereocenters. The maximum absolute atomic E-state index is 12.6. The topological polar surface area (TPSA) is 87.3 Å². The molecule has 1 aliphatic heterocycles. The molecule has 2 aromatic rings. The van der Waals surface area contributed by atoms with Crippen molar-refractivity contribution in [2.24, 2.45) is 0 Å². The largest absolute Gasteiger partial charge is 0.497 e. The summed E-state index contributed by atoms with van der Waals surface area (Å²) in [5, 5.41) is 3.05. The maximum Gasteiger partial charge on any atom is 0.223 e. The molecule has 0 spiro atoms. The quantitative estimate of drug-likeness (QED) is 0.786. The third-order valence-corrected chi connectivity index (χ3v) is 5.81. The molecule has 1 aromatic heterocycles. The van der Waals surface area contributed by atoms with E-state index in [-0.39, 0.29) is 24.7 Å². The second-order valence-electron chi connectivity index (χ2n) is 7.86. The summed E-state index contributed by atoms with van der Waals surface area (Å²) in [6.45, 7) is 1.15. The SMILES string of the molecule is COc1cccc(-c2nc3c([nH]2)CN(C(=O)CCC(=O)NC2CCCC2)CC3)c1. The number of H-pyrrole nitrogens is 1. The number of ether oxygens (including phenoxy) is 1. The number of fused-ring (bicyclic) bond motifs is 1. The molecule has 1 aromatic carbocycles. The van der Waals surface area contributed by atoms with Crippen molar-refractivity contribution in [3.63, 3.8) is 0 Å². The lowest BCUT2D eigenvalue weighted by molar-refractivity contribution is -0.134. The van der Waals surface area contributed by atoms with Crippen LogP contribution in [0.3, 0.4) is 0 Å². The number of benzene rings is 1. The van der Waals surface area contributed by atoms with Crippen molar-refractivity contribution in [3.8, 4) is 17.1 Å². The monoisotopic (exact) mass is 396 g/mol. The molecule has 154 valence electrons. The van der Waals surface area contributed by atoms with Crippen molar-refractivity contribution in [3.05, 3.63) is 35.7 Å². The molecule has 0 saturated heterocycles. The fraction of sp³-hybridized carbons (Fsp3) is 0.500. The number of amides is 2. The summed E-state index contributed by atoms with van der Waals surface area (Å²) in [4.78, 5) is 34.6. The van der Waals surface area contributed by atoms with E-state index >= 15 is 0 Å². The molecule has 7 heteroatoms. The van der Waals surface area contributed by atoms with Crippen molar-refractivity contribution in [1.82, 2.24) is 20.2 Å². The molecule has 1 saturated carbocycles. The first-order chi connectivity index (χ1) is 14.1. The first kappa shape index (κ1) is 19.5. The predicted molar refractivity (Wildman–Crippen MR) is 109 cm³/mol. The predicted octanol–water partition coefficient (Wildman–Crippen LogP) is 2.81. The number of aromatic amines is 1. The van der Waals surface area contributed by atoms with E-state index in [1.54, 1.807) is 7.11 Å². The van der Waals surface area contributed by atoms with Gasteiger partial charge in [-0.3, -0.25) is 9.59 Å². The van der Waals surface area contributed by atoms with Gasteiger partial charge in [-0.1, -0.05) is 25.0 Å². The Hall–Kier alpha value is -2.83. The molecular formula is C22H28N4O3. The summed E-state index contributed by atoms with van der Waals surface area (Å²) in [5.41, 5.74) is 2.93. The lowest BCUT2D eigenvalue weighted by Crippen LogP contribution is -2.37. The van der Waals surface area contributed by atoms with E-state index in [9.17, 15) is 9.59 Å². The molecule has 0 unspecified atom stereocenters. The van der Waals surface area contributed by atoms with E-state index in [2.05, 4.69) is 10.3 Å². The van der Waals surface area contributed by atoms with Crippen LogP contribution in [0.4, 0.5) is 0 Å². The van der Waals surface area contributed by atoms with Gasteiger partial charge < -0.3 is 19.9 Å². The number of nitrogens with zero attached hydrogens (tertiary/aromatic N) is 2. The van der Waals surface area contributed by atoms with Gasteiger partial charge in [0.1, 0.15) is 11.6 Å². The number of aromatic nitrogens is 2. The highest BCUT2D eigenvalue weighted by molar-refractivity contribution is 5.84. The highest BCUT2D eigenvalue weighted by Gasteiger charge is 2.25. The van der Waals surface area contributed by atoms with Crippen molar-refractivity contribution < 1.29 is 14.3 Å². The van der Waals surface area contributed by atoms with Crippen LogP contribution in [-0.4, -0.2) is 46.4 Å². The molecule has 2 heterocycles. The minimum Gasteiger partial charge on any atom is -0.497 e. The molecule has 0 radical (unpaired) electrons. The third kappa shape index (κ3) is 4.60. The molecule has 1 fully saturated rings. The highest BCUT2D eigenvalue weighted by atomic mass is 16.5. The minimum atomic E-state index is -0.00944. The third-order valence-electron chi connectivity index (χ3n) is 5.81. The Morgan fingerprint density at radius 1 is 1.28 bits per heavy atom. The smallest absolute Gasteiger partial charge is 0.223 e. The molecule has 7 nitrogen and oxygen atoms in total. The molecule has 29 heavy (non-hydrogen) atoms. The Balaban J connectivity index is 1.33. The lowest BCUT2D eigenvalue weighted by Gasteiger charge is -2.26. The number of hydrogen-bond donors (Lipinski definition) is 2. The Morgan fingerprint density at radius 3 is 2.90 bits per heavy atom. The molecule has 0 bridgehead atoms. The molecule has 4 rings (SSSR count). The maximum atomic E-state index is 12.6. The van der Waals surface area contributed by atoms with Crippen LogP contribution in [-0.2, 0) is 22.6 Å². The zero-order valence-electron chi connectivity index (χ0n) is 16.9. The number of rotatable bonds is 6. The molecular weight excluding hydrogens is 368 g/mol. The number of nitrogens with one attached hydrogen (secondary N) is 2. The Labute approximate surface area is 170 Å². The van der Waals surface area contributed by atoms with Crippen molar-refractivity contribution in [1.29, 1.82) is 0 Å². The van der Waals surface area contributed by atoms with Gasteiger partial charge in [-0.25, -0.2) is 4.98 Å². The van der Waals surface area contributed by atoms with E-state index in [1.165, 1.54) is 12.8 Å². The summed E-state index contributed by atoms with van der Waals surface area (Å²) in [6.07, 6.45) is 5.72. The van der Waals surface area contributed by atoms with Crippen LogP contribution in [0, 0.1) is 0 Å². The number of hydrogen-bond acceptors (Lipinski definition) is 4. The van der Waals surface area contributed by atoms with Gasteiger partial charge in [-0.15, -0.1) is 0 Å². The fourth-order valence-corrected chi connectivity index (χ4v) is 4.16. The van der Waals surface area contributed by atoms with Crippen LogP contribution in [0.5, 0.6) is 5.75 Å². The van der Waals surface area contributed by atoms with E-state index in [0.29, 0.717) is 19.1 Å². The normalized spacial score (nSPS) is 16.5. The van der Waals surface area contributed by atoms with Crippen LogP contribution in [0.2, 0.25) is 0 Å². The van der Waals surface area contributed by atoms with Gasteiger partial charge in [0.05, 0.1) is 25.0 Å². The van der Waals surface area contributed by atoms with Crippen LogP contribution < -0.4 is 10.1 Å². The van der Waals surface area contributed by atoms with Crippen LogP contribution >= 0.6 is 0 Å². The highest BCUT2D eigenvalue weighted by Crippen LogP contribution is 2.25. The summed E-state index contributed by atoms with van der Waals surface area (Å²) >= 11 is 0.